The summed E-state index contributed by atoms with van der Waals surface area (Å²) in [5.74, 6) is -0.631. The Morgan fingerprint density at radius 1 is 1.18 bits per heavy atom. The van der Waals surface area contributed by atoms with Gasteiger partial charge in [-0.1, -0.05) is 44.9 Å². The van der Waals surface area contributed by atoms with Crippen LogP contribution in [0.15, 0.2) is 36.4 Å². The van der Waals surface area contributed by atoms with Crippen LogP contribution in [0.4, 0.5) is 0 Å². The second-order valence-corrected chi connectivity index (χ2v) is 10.2. The van der Waals surface area contributed by atoms with Gasteiger partial charge in [0.1, 0.15) is 18.0 Å². The SMILES string of the molecule is COC(=O)CNC(=O)C[C@H](CC(C)C)NC(=O)c1cc(-c2c(O)cccc2OC)n(C2/C=C\CCCCC2)n1. The van der Waals surface area contributed by atoms with Crippen LogP contribution < -0.4 is 15.4 Å². The van der Waals surface area contributed by atoms with Crippen molar-refractivity contribution in [3.05, 3.63) is 42.1 Å². The van der Waals surface area contributed by atoms with E-state index in [0.29, 0.717) is 23.4 Å². The average molecular weight is 541 g/mol. The van der Waals surface area contributed by atoms with E-state index in [4.69, 9.17) is 9.84 Å². The number of phenols is 1. The molecule has 0 saturated heterocycles. The molecule has 212 valence electrons. The number of allylic oxidation sites excluding steroid dienone is 2. The topological polar surface area (TPSA) is 132 Å². The summed E-state index contributed by atoms with van der Waals surface area (Å²) in [7, 11) is 2.78. The van der Waals surface area contributed by atoms with Gasteiger partial charge in [-0.25, -0.2) is 0 Å². The second kappa shape index (κ2) is 14.4. The first-order chi connectivity index (χ1) is 18.7. The van der Waals surface area contributed by atoms with Gasteiger partial charge >= 0.3 is 5.97 Å². The van der Waals surface area contributed by atoms with E-state index in [1.807, 2.05) is 13.8 Å². The molecule has 1 aromatic carbocycles. The summed E-state index contributed by atoms with van der Waals surface area (Å²) in [4.78, 5) is 37.3. The predicted octanol–water partition coefficient (Wildman–Crippen LogP) is 4.15. The molecule has 0 spiro atoms. The van der Waals surface area contributed by atoms with Crippen LogP contribution in [0.5, 0.6) is 11.5 Å². The summed E-state index contributed by atoms with van der Waals surface area (Å²) in [6.07, 6.45) is 9.91. The minimum atomic E-state index is -0.547. The van der Waals surface area contributed by atoms with Gasteiger partial charge in [0.15, 0.2) is 5.69 Å². The molecule has 10 nitrogen and oxygen atoms in total. The molecule has 1 aromatic heterocycles. The highest BCUT2D eigenvalue weighted by Crippen LogP contribution is 2.40. The lowest BCUT2D eigenvalue weighted by Gasteiger charge is -2.20. The third-order valence-corrected chi connectivity index (χ3v) is 6.67. The standard InChI is InChI=1S/C29H40N4O6/c1-19(2)15-20(16-26(35)30-18-27(36)39-4)31-29(37)22-17-23(28-24(34)13-10-14-25(28)38-3)33(32-22)21-11-8-6-5-7-9-12-21/h8,10-11,13-14,17,19-21,34H,5-7,9,12,15-16,18H2,1-4H3,(H,30,35)(H,31,37)/b11-8-/t20-,21?/m0/s1. The minimum absolute atomic E-state index is 0.00708. The molecular formula is C29H40N4O6. The highest BCUT2D eigenvalue weighted by atomic mass is 16.5. The maximum absolute atomic E-state index is 13.5. The third-order valence-electron chi connectivity index (χ3n) is 6.67. The van der Waals surface area contributed by atoms with Crippen LogP contribution in [-0.4, -0.2) is 59.5 Å². The maximum atomic E-state index is 13.5. The monoisotopic (exact) mass is 540 g/mol. The molecule has 1 heterocycles. The Bertz CT molecular complexity index is 1170. The number of phenolic OH excluding ortho intramolecular Hbond substituents is 1. The summed E-state index contributed by atoms with van der Waals surface area (Å²) >= 11 is 0. The zero-order valence-electron chi connectivity index (χ0n) is 23.2. The Morgan fingerprint density at radius 2 is 1.97 bits per heavy atom. The van der Waals surface area contributed by atoms with E-state index in [-0.39, 0.29) is 42.3 Å². The van der Waals surface area contributed by atoms with Crippen molar-refractivity contribution in [1.29, 1.82) is 0 Å². The van der Waals surface area contributed by atoms with Crippen molar-refractivity contribution in [3.63, 3.8) is 0 Å². The van der Waals surface area contributed by atoms with Gasteiger partial charge in [0.05, 0.1) is 31.5 Å². The predicted molar refractivity (Wildman–Crippen MR) is 147 cm³/mol. The largest absolute Gasteiger partial charge is 0.507 e. The van der Waals surface area contributed by atoms with Gasteiger partial charge in [0.2, 0.25) is 5.91 Å². The normalized spacial score (nSPS) is 17.0. The van der Waals surface area contributed by atoms with Gasteiger partial charge < -0.3 is 25.2 Å². The van der Waals surface area contributed by atoms with Gasteiger partial charge in [0.25, 0.3) is 5.91 Å². The van der Waals surface area contributed by atoms with Crippen molar-refractivity contribution >= 4 is 17.8 Å². The fourth-order valence-electron chi connectivity index (χ4n) is 4.80. The molecule has 1 aliphatic rings. The number of hydrogen-bond donors (Lipinski definition) is 3. The molecule has 1 aliphatic carbocycles. The number of carbonyl (C=O) groups excluding carboxylic acids is 3. The fourth-order valence-corrected chi connectivity index (χ4v) is 4.80. The summed E-state index contributed by atoms with van der Waals surface area (Å²) in [6, 6.07) is 6.12. The molecule has 39 heavy (non-hydrogen) atoms. The number of methoxy groups -OCH3 is 2. The van der Waals surface area contributed by atoms with Crippen LogP contribution in [-0.2, 0) is 14.3 Å². The maximum Gasteiger partial charge on any atom is 0.325 e. The molecule has 1 unspecified atom stereocenters. The number of aromatic hydroxyl groups is 1. The van der Waals surface area contributed by atoms with E-state index in [9.17, 15) is 19.5 Å². The van der Waals surface area contributed by atoms with Crippen molar-refractivity contribution in [1.82, 2.24) is 20.4 Å². The highest BCUT2D eigenvalue weighted by molar-refractivity contribution is 5.94. The average Bonchev–Trinajstić information content (AvgIpc) is 3.31. The van der Waals surface area contributed by atoms with Crippen molar-refractivity contribution in [2.24, 2.45) is 5.92 Å². The Hall–Kier alpha value is -3.82. The second-order valence-electron chi connectivity index (χ2n) is 10.2. The van der Waals surface area contributed by atoms with Gasteiger partial charge in [-0.2, -0.15) is 5.10 Å². The van der Waals surface area contributed by atoms with E-state index >= 15 is 0 Å². The molecule has 3 rings (SSSR count). The number of rotatable bonds is 11. The lowest BCUT2D eigenvalue weighted by atomic mass is 10.0. The number of hydrogen-bond acceptors (Lipinski definition) is 7. The Kier molecular flexibility index (Phi) is 11.0. The van der Waals surface area contributed by atoms with Crippen LogP contribution in [0.2, 0.25) is 0 Å². The molecule has 2 atom stereocenters. The summed E-state index contributed by atoms with van der Waals surface area (Å²) < 4.78 is 11.9. The smallest absolute Gasteiger partial charge is 0.325 e. The molecule has 2 amide bonds. The molecule has 2 aromatic rings. The van der Waals surface area contributed by atoms with E-state index in [2.05, 4.69) is 27.5 Å². The van der Waals surface area contributed by atoms with Crippen LogP contribution in [0.25, 0.3) is 11.3 Å². The number of esters is 1. The Morgan fingerprint density at radius 3 is 2.69 bits per heavy atom. The van der Waals surface area contributed by atoms with Crippen molar-refractivity contribution < 1.29 is 29.0 Å². The van der Waals surface area contributed by atoms with Gasteiger partial charge in [-0.15, -0.1) is 0 Å². The number of ether oxygens (including phenoxy) is 2. The van der Waals surface area contributed by atoms with Crippen LogP contribution in [0.3, 0.4) is 0 Å². The molecule has 10 heteroatoms. The van der Waals surface area contributed by atoms with E-state index in [1.54, 1.807) is 28.9 Å². The number of nitrogens with zero attached hydrogens (tertiary/aromatic N) is 2. The van der Waals surface area contributed by atoms with Crippen molar-refractivity contribution in [2.45, 2.75) is 70.9 Å². The number of aromatic nitrogens is 2. The highest BCUT2D eigenvalue weighted by Gasteiger charge is 2.26. The summed E-state index contributed by atoms with van der Waals surface area (Å²) in [5.41, 5.74) is 1.21. The Labute approximate surface area is 229 Å². The fraction of sp³-hybridized carbons (Fsp3) is 0.517. The first-order valence-corrected chi connectivity index (χ1v) is 13.5. The molecule has 3 N–H and O–H groups in total. The zero-order valence-corrected chi connectivity index (χ0v) is 23.2. The van der Waals surface area contributed by atoms with E-state index in [0.717, 1.165) is 32.1 Å². The first kappa shape index (κ1) is 29.7. The lowest BCUT2D eigenvalue weighted by Crippen LogP contribution is -2.41. The minimum Gasteiger partial charge on any atom is -0.507 e. The molecule has 0 fully saturated rings. The van der Waals surface area contributed by atoms with Crippen molar-refractivity contribution in [2.75, 3.05) is 20.8 Å². The first-order valence-electron chi connectivity index (χ1n) is 13.5. The van der Waals surface area contributed by atoms with Crippen LogP contribution in [0, 0.1) is 5.92 Å². The van der Waals surface area contributed by atoms with E-state index in [1.165, 1.54) is 14.2 Å². The van der Waals surface area contributed by atoms with Gasteiger partial charge in [0, 0.05) is 12.5 Å². The molecule has 0 radical (unpaired) electrons. The van der Waals surface area contributed by atoms with Crippen LogP contribution >= 0.6 is 0 Å². The summed E-state index contributed by atoms with van der Waals surface area (Å²) in [5, 5.41) is 21.0. The number of carbonyl (C=O) groups is 3. The number of amides is 2. The molecular weight excluding hydrogens is 500 g/mol. The molecule has 0 aliphatic heterocycles. The number of nitrogens with one attached hydrogen (secondary N) is 2. The number of benzene rings is 1. The van der Waals surface area contributed by atoms with Gasteiger partial charge in [-0.3, -0.25) is 19.1 Å². The zero-order chi connectivity index (χ0) is 28.4. The quantitative estimate of drug-likeness (QED) is 0.288. The van der Waals surface area contributed by atoms with E-state index < -0.39 is 17.9 Å². The lowest BCUT2D eigenvalue weighted by molar-refractivity contribution is -0.141. The van der Waals surface area contributed by atoms with Gasteiger partial charge in [-0.05, 0) is 49.8 Å². The molecule has 0 saturated carbocycles. The Balaban J connectivity index is 1.93. The molecule has 0 bridgehead atoms. The third kappa shape index (κ3) is 8.33. The summed E-state index contributed by atoms with van der Waals surface area (Å²) in [6.45, 7) is 3.77. The van der Waals surface area contributed by atoms with Crippen molar-refractivity contribution in [3.8, 4) is 22.8 Å². The van der Waals surface area contributed by atoms with Crippen LogP contribution in [0.1, 0.15) is 75.3 Å².